The molecule has 2 bridgehead atoms. The maximum Gasteiger partial charge on any atom is 0.239 e. The van der Waals surface area contributed by atoms with Crippen molar-refractivity contribution in [3.8, 4) is 11.5 Å². The minimum atomic E-state index is -0.0510. The summed E-state index contributed by atoms with van der Waals surface area (Å²) in [4.78, 5) is 12.2. The lowest BCUT2D eigenvalue weighted by atomic mass is 10.1. The third-order valence-corrected chi connectivity index (χ3v) is 3.60. The molecule has 4 rings (SSSR count). The third kappa shape index (κ3) is 1.63. The summed E-state index contributed by atoms with van der Waals surface area (Å²) in [5.41, 5.74) is 1.77. The smallest absolute Gasteiger partial charge is 0.239 e. The molecular weight excluding hydrogens is 252 g/mol. The average Bonchev–Trinajstić information content (AvgIpc) is 2.78. The van der Waals surface area contributed by atoms with Crippen LogP contribution in [0.2, 0.25) is 0 Å². The molecule has 2 aromatic carbocycles. The summed E-state index contributed by atoms with van der Waals surface area (Å²) in [7, 11) is 0. The number of fused-ring (bicyclic) bond motifs is 1. The number of rotatable bonds is 3. The van der Waals surface area contributed by atoms with Crippen molar-refractivity contribution < 1.29 is 9.15 Å². The number of hydrogen-bond acceptors (Lipinski definition) is 3. The van der Waals surface area contributed by atoms with Crippen LogP contribution in [-0.4, -0.2) is 0 Å². The zero-order valence-corrected chi connectivity index (χ0v) is 10.8. The summed E-state index contributed by atoms with van der Waals surface area (Å²) in [6, 6.07) is 15.6. The molecule has 0 fully saturated rings. The van der Waals surface area contributed by atoms with E-state index in [0.717, 1.165) is 6.42 Å². The molecule has 0 spiro atoms. The van der Waals surface area contributed by atoms with Gasteiger partial charge in [-0.2, -0.15) is 0 Å². The number of aryl methyl sites for hydroxylation is 2. The van der Waals surface area contributed by atoms with Crippen LogP contribution in [0.5, 0.6) is 11.5 Å². The molecule has 98 valence electrons. The minimum absolute atomic E-state index is 0.0510. The molecule has 3 heteroatoms. The molecule has 0 saturated carbocycles. The van der Waals surface area contributed by atoms with E-state index in [1.54, 1.807) is 6.07 Å². The van der Waals surface area contributed by atoms with E-state index in [9.17, 15) is 4.79 Å². The topological polar surface area (TPSA) is 39.4 Å². The molecular formula is C17H12O3. The Morgan fingerprint density at radius 1 is 0.900 bits per heavy atom. The lowest BCUT2D eigenvalue weighted by Crippen LogP contribution is -2.02. The van der Waals surface area contributed by atoms with Gasteiger partial charge in [-0.05, 0) is 24.1 Å². The largest absolute Gasteiger partial charge is 0.457 e. The van der Waals surface area contributed by atoms with Crippen molar-refractivity contribution in [1.82, 2.24) is 0 Å². The van der Waals surface area contributed by atoms with E-state index in [0.29, 0.717) is 34.6 Å². The Bertz CT molecular complexity index is 847. The Labute approximate surface area is 115 Å². The second-order valence-electron chi connectivity index (χ2n) is 4.90. The van der Waals surface area contributed by atoms with Crippen molar-refractivity contribution in [3.63, 3.8) is 0 Å². The van der Waals surface area contributed by atoms with Gasteiger partial charge in [0.15, 0.2) is 5.76 Å². The minimum Gasteiger partial charge on any atom is -0.457 e. The molecule has 0 atom stereocenters. The highest BCUT2D eigenvalue weighted by Crippen LogP contribution is 2.37. The van der Waals surface area contributed by atoms with Crippen LogP contribution in [0.3, 0.4) is 0 Å². The van der Waals surface area contributed by atoms with Gasteiger partial charge >= 0.3 is 0 Å². The van der Waals surface area contributed by atoms with Crippen LogP contribution in [-0.2, 0) is 12.8 Å². The maximum absolute atomic E-state index is 12.2. The van der Waals surface area contributed by atoms with Crippen LogP contribution < -0.4 is 10.2 Å². The van der Waals surface area contributed by atoms with E-state index in [4.69, 9.17) is 9.15 Å². The first-order valence-corrected chi connectivity index (χ1v) is 6.63. The highest BCUT2D eigenvalue weighted by Gasteiger charge is 2.25. The predicted octanol–water partition coefficient (Wildman–Crippen LogP) is 3.68. The van der Waals surface area contributed by atoms with Gasteiger partial charge in [0, 0.05) is 6.42 Å². The first-order chi connectivity index (χ1) is 9.83. The zero-order valence-electron chi connectivity index (χ0n) is 10.8. The fourth-order valence-corrected chi connectivity index (χ4v) is 2.60. The maximum atomic E-state index is 12.2. The first kappa shape index (κ1) is 11.3. The molecule has 1 aliphatic heterocycles. The van der Waals surface area contributed by atoms with E-state index in [2.05, 4.69) is 12.1 Å². The molecule has 1 aromatic heterocycles. The molecule has 20 heavy (non-hydrogen) atoms. The molecule has 0 radical (unpaired) electrons. The molecule has 1 aliphatic rings. The average molecular weight is 264 g/mol. The van der Waals surface area contributed by atoms with Crippen molar-refractivity contribution in [3.05, 3.63) is 70.1 Å². The van der Waals surface area contributed by atoms with E-state index in [-0.39, 0.29) is 5.43 Å². The van der Waals surface area contributed by atoms with E-state index < -0.39 is 0 Å². The SMILES string of the molecule is O=c1c2c(CCc3ccccc3)oc3cccc(c13)O2. The van der Waals surface area contributed by atoms with Crippen LogP contribution in [0, 0.1) is 0 Å². The Morgan fingerprint density at radius 2 is 1.75 bits per heavy atom. The standard InChI is InChI=1S/C17H12O3/c18-16-15-12-7-4-8-13(15)20-17(16)14(19-12)10-9-11-5-2-1-3-6-11/h1-8H,9-10H2. The summed E-state index contributed by atoms with van der Waals surface area (Å²) < 4.78 is 11.4. The fourth-order valence-electron chi connectivity index (χ4n) is 2.60. The lowest BCUT2D eigenvalue weighted by Gasteiger charge is -2.03. The van der Waals surface area contributed by atoms with Crippen LogP contribution in [0.15, 0.2) is 57.7 Å². The Balaban J connectivity index is 1.72. The molecule has 0 saturated heterocycles. The van der Waals surface area contributed by atoms with E-state index >= 15 is 0 Å². The summed E-state index contributed by atoms with van der Waals surface area (Å²) >= 11 is 0. The van der Waals surface area contributed by atoms with Crippen LogP contribution >= 0.6 is 0 Å². The summed E-state index contributed by atoms with van der Waals surface area (Å²) in [6.07, 6.45) is 1.48. The Hall–Kier alpha value is -2.55. The van der Waals surface area contributed by atoms with E-state index in [1.165, 1.54) is 5.56 Å². The second kappa shape index (κ2) is 4.23. The summed E-state index contributed by atoms with van der Waals surface area (Å²) in [6.45, 7) is 0. The van der Waals surface area contributed by atoms with Crippen LogP contribution in [0.25, 0.3) is 11.0 Å². The normalized spacial score (nSPS) is 12.0. The fraction of sp³-hybridized carbons (Fsp3) is 0.118. The Morgan fingerprint density at radius 3 is 2.60 bits per heavy atom. The van der Waals surface area contributed by atoms with Gasteiger partial charge in [-0.25, -0.2) is 0 Å². The van der Waals surface area contributed by atoms with Crippen molar-refractivity contribution >= 4 is 11.0 Å². The summed E-state index contributed by atoms with van der Waals surface area (Å²) in [5, 5.41) is 0.561. The first-order valence-electron chi connectivity index (χ1n) is 6.63. The summed E-state index contributed by atoms with van der Waals surface area (Å²) in [5.74, 6) is 1.60. The zero-order chi connectivity index (χ0) is 13.5. The quantitative estimate of drug-likeness (QED) is 0.566. The highest BCUT2D eigenvalue weighted by molar-refractivity contribution is 5.87. The molecule has 0 aliphatic carbocycles. The Kier molecular flexibility index (Phi) is 2.39. The third-order valence-electron chi connectivity index (χ3n) is 3.60. The molecule has 3 nitrogen and oxygen atoms in total. The van der Waals surface area contributed by atoms with Crippen LogP contribution in [0.4, 0.5) is 0 Å². The second-order valence-corrected chi connectivity index (χ2v) is 4.90. The predicted molar refractivity (Wildman–Crippen MR) is 76.4 cm³/mol. The van der Waals surface area contributed by atoms with Gasteiger partial charge in [-0.3, -0.25) is 4.79 Å². The number of ether oxygens (including phenoxy) is 1. The van der Waals surface area contributed by atoms with Crippen molar-refractivity contribution in [2.75, 3.05) is 0 Å². The van der Waals surface area contributed by atoms with Gasteiger partial charge in [0.25, 0.3) is 0 Å². The van der Waals surface area contributed by atoms with E-state index in [1.807, 2.05) is 30.3 Å². The van der Waals surface area contributed by atoms with Gasteiger partial charge in [0.1, 0.15) is 16.7 Å². The monoisotopic (exact) mass is 264 g/mol. The van der Waals surface area contributed by atoms with Gasteiger partial charge in [-0.1, -0.05) is 36.4 Å². The van der Waals surface area contributed by atoms with Crippen molar-refractivity contribution in [2.45, 2.75) is 12.8 Å². The number of hydrogen-bond donors (Lipinski definition) is 0. The highest BCUT2D eigenvalue weighted by atomic mass is 16.5. The van der Waals surface area contributed by atoms with Gasteiger partial charge < -0.3 is 9.15 Å². The molecule has 2 heterocycles. The molecule has 0 amide bonds. The molecule has 0 unspecified atom stereocenters. The van der Waals surface area contributed by atoms with Crippen LogP contribution in [0.1, 0.15) is 11.3 Å². The van der Waals surface area contributed by atoms with Crippen molar-refractivity contribution in [2.24, 2.45) is 0 Å². The number of benzene rings is 2. The van der Waals surface area contributed by atoms with Gasteiger partial charge in [0.05, 0.1) is 0 Å². The molecule has 0 N–H and O–H groups in total. The molecule has 3 aromatic rings. The lowest BCUT2D eigenvalue weighted by molar-refractivity contribution is 0.448. The van der Waals surface area contributed by atoms with Gasteiger partial charge in [-0.15, -0.1) is 0 Å². The van der Waals surface area contributed by atoms with Gasteiger partial charge in [0.2, 0.25) is 11.2 Å². The van der Waals surface area contributed by atoms with Crippen molar-refractivity contribution in [1.29, 1.82) is 0 Å².